The Morgan fingerprint density at radius 1 is 1.00 bits per heavy atom. The van der Waals surface area contributed by atoms with Gasteiger partial charge in [-0.1, -0.05) is 27.2 Å². The highest BCUT2D eigenvalue weighted by Crippen LogP contribution is 2.56. The summed E-state index contributed by atoms with van der Waals surface area (Å²) in [4.78, 5) is 12.5. The first-order valence-electron chi connectivity index (χ1n) is 10.4. The van der Waals surface area contributed by atoms with Gasteiger partial charge >= 0.3 is 0 Å². The van der Waals surface area contributed by atoms with Crippen molar-refractivity contribution in [3.05, 3.63) is 0 Å². The topological polar surface area (TPSA) is 41.1 Å². The summed E-state index contributed by atoms with van der Waals surface area (Å²) in [6.45, 7) is 6.89. The highest BCUT2D eigenvalue weighted by atomic mass is 32.1. The molecule has 25 heavy (non-hydrogen) atoms. The largest absolute Gasteiger partial charge is 0.357 e. The van der Waals surface area contributed by atoms with Crippen molar-refractivity contribution in [3.8, 4) is 0 Å². The summed E-state index contributed by atoms with van der Waals surface area (Å²) in [5.41, 5.74) is 0.475. The van der Waals surface area contributed by atoms with Gasteiger partial charge in [-0.3, -0.25) is 4.79 Å². The molecule has 5 saturated carbocycles. The van der Waals surface area contributed by atoms with Crippen LogP contribution in [0.4, 0.5) is 0 Å². The van der Waals surface area contributed by atoms with Crippen LogP contribution in [0.1, 0.15) is 78.6 Å². The van der Waals surface area contributed by atoms with Crippen LogP contribution in [0, 0.1) is 35.0 Å². The van der Waals surface area contributed by atoms with Crippen molar-refractivity contribution < 1.29 is 4.79 Å². The van der Waals surface area contributed by atoms with Gasteiger partial charge in [0, 0.05) is 12.0 Å². The number of carbonyl (C=O) groups excluding carboxylic acids is 1. The van der Waals surface area contributed by atoms with Crippen LogP contribution in [-0.4, -0.2) is 16.6 Å². The number of thiocarbonyl (C=S) groups is 1. The quantitative estimate of drug-likeness (QED) is 0.728. The molecule has 0 unspecified atom stereocenters. The number of hydrogen-bond donors (Lipinski definition) is 2. The van der Waals surface area contributed by atoms with Crippen molar-refractivity contribution >= 4 is 23.2 Å². The van der Waals surface area contributed by atoms with E-state index in [1.54, 1.807) is 0 Å². The molecule has 0 spiro atoms. The second kappa shape index (κ2) is 6.21. The van der Waals surface area contributed by atoms with E-state index in [1.807, 2.05) is 0 Å². The fourth-order valence-corrected chi connectivity index (χ4v) is 7.43. The molecule has 5 rings (SSSR count). The van der Waals surface area contributed by atoms with Crippen molar-refractivity contribution in [2.75, 3.05) is 0 Å². The lowest BCUT2D eigenvalue weighted by Crippen LogP contribution is -2.62. The van der Waals surface area contributed by atoms with E-state index in [0.29, 0.717) is 22.9 Å². The van der Waals surface area contributed by atoms with Crippen LogP contribution in [0.2, 0.25) is 0 Å². The van der Waals surface area contributed by atoms with Crippen molar-refractivity contribution in [2.24, 2.45) is 35.0 Å². The Morgan fingerprint density at radius 3 is 2.04 bits per heavy atom. The molecule has 0 aromatic heterocycles. The van der Waals surface area contributed by atoms with E-state index >= 15 is 0 Å². The van der Waals surface area contributed by atoms with Crippen LogP contribution in [0.5, 0.6) is 0 Å². The summed E-state index contributed by atoms with van der Waals surface area (Å²) in [5.74, 6) is 4.04. The summed E-state index contributed by atoms with van der Waals surface area (Å²) >= 11 is 5.53. The van der Waals surface area contributed by atoms with E-state index in [-0.39, 0.29) is 11.4 Å². The number of carbonyl (C=O) groups is 1. The van der Waals surface area contributed by atoms with Gasteiger partial charge in [0.2, 0.25) is 5.91 Å². The molecule has 2 N–H and O–H groups in total. The molecule has 5 aliphatic rings. The fraction of sp³-hybridized carbons (Fsp3) is 0.905. The van der Waals surface area contributed by atoms with E-state index in [2.05, 4.69) is 31.4 Å². The maximum absolute atomic E-state index is 12.5. The van der Waals surface area contributed by atoms with Crippen molar-refractivity contribution in [1.29, 1.82) is 0 Å². The first-order chi connectivity index (χ1) is 11.8. The molecular weight excluding hydrogens is 328 g/mol. The molecule has 5 fully saturated rings. The van der Waals surface area contributed by atoms with Gasteiger partial charge in [-0.2, -0.15) is 0 Å². The average molecular weight is 363 g/mol. The van der Waals surface area contributed by atoms with Gasteiger partial charge in [-0.05, 0) is 92.2 Å². The SMILES string of the molecule is CC[C@@H]1C[C@@H](CC(=O)NC(=S)NC23CC4CC(CC(C4)C2)C3)C1(C)C. The zero-order chi connectivity index (χ0) is 17.8. The minimum absolute atomic E-state index is 0.106. The number of nitrogens with one attached hydrogen (secondary N) is 2. The summed E-state index contributed by atoms with van der Waals surface area (Å²) < 4.78 is 0. The highest BCUT2D eigenvalue weighted by molar-refractivity contribution is 7.80. The van der Waals surface area contributed by atoms with Gasteiger partial charge in [-0.25, -0.2) is 0 Å². The first kappa shape index (κ1) is 17.8. The van der Waals surface area contributed by atoms with Crippen LogP contribution in [0.3, 0.4) is 0 Å². The molecule has 4 heteroatoms. The van der Waals surface area contributed by atoms with Gasteiger partial charge in [0.1, 0.15) is 0 Å². The average Bonchev–Trinajstić information content (AvgIpc) is 2.48. The molecule has 0 saturated heterocycles. The molecule has 2 atom stereocenters. The van der Waals surface area contributed by atoms with Crippen LogP contribution >= 0.6 is 12.2 Å². The van der Waals surface area contributed by atoms with Crippen LogP contribution < -0.4 is 10.6 Å². The van der Waals surface area contributed by atoms with Crippen LogP contribution in [-0.2, 0) is 4.79 Å². The van der Waals surface area contributed by atoms with Gasteiger partial charge in [0.15, 0.2) is 5.11 Å². The number of rotatable bonds is 4. The van der Waals surface area contributed by atoms with E-state index in [1.165, 1.54) is 51.4 Å². The smallest absolute Gasteiger partial charge is 0.226 e. The van der Waals surface area contributed by atoms with E-state index in [9.17, 15) is 4.79 Å². The number of hydrogen-bond acceptors (Lipinski definition) is 2. The van der Waals surface area contributed by atoms with Crippen LogP contribution in [0.25, 0.3) is 0 Å². The third-order valence-corrected chi connectivity index (χ3v) is 8.47. The first-order valence-corrected chi connectivity index (χ1v) is 10.8. The minimum atomic E-state index is 0.106. The molecule has 5 aliphatic carbocycles. The Kier molecular flexibility index (Phi) is 4.41. The molecule has 0 heterocycles. The third-order valence-electron chi connectivity index (χ3n) is 8.27. The Balaban J connectivity index is 1.29. The van der Waals surface area contributed by atoms with E-state index in [0.717, 1.165) is 23.7 Å². The summed E-state index contributed by atoms with van der Waals surface area (Å²) in [6.07, 6.45) is 11.1. The molecular formula is C21H34N2OS. The van der Waals surface area contributed by atoms with Gasteiger partial charge in [0.05, 0.1) is 0 Å². The Labute approximate surface area is 158 Å². The van der Waals surface area contributed by atoms with Gasteiger partial charge in [-0.15, -0.1) is 0 Å². The Hall–Kier alpha value is -0.640. The predicted molar refractivity (Wildman–Crippen MR) is 105 cm³/mol. The van der Waals surface area contributed by atoms with Crippen molar-refractivity contribution in [2.45, 2.75) is 84.1 Å². The number of amides is 1. The second-order valence-electron chi connectivity index (χ2n) is 10.3. The zero-order valence-electron chi connectivity index (χ0n) is 16.1. The van der Waals surface area contributed by atoms with Gasteiger partial charge < -0.3 is 10.6 Å². The highest BCUT2D eigenvalue weighted by Gasteiger charge is 2.51. The van der Waals surface area contributed by atoms with Crippen LogP contribution in [0.15, 0.2) is 0 Å². The molecule has 0 aliphatic heterocycles. The summed E-state index contributed by atoms with van der Waals surface area (Å²) in [7, 11) is 0. The molecule has 0 aromatic rings. The lowest BCUT2D eigenvalue weighted by Gasteiger charge is -2.57. The zero-order valence-corrected chi connectivity index (χ0v) is 16.9. The maximum Gasteiger partial charge on any atom is 0.226 e. The summed E-state index contributed by atoms with van der Waals surface area (Å²) in [5, 5.41) is 7.19. The van der Waals surface area contributed by atoms with Crippen molar-refractivity contribution in [1.82, 2.24) is 10.6 Å². The van der Waals surface area contributed by atoms with E-state index < -0.39 is 0 Å². The molecule has 3 nitrogen and oxygen atoms in total. The van der Waals surface area contributed by atoms with Crippen molar-refractivity contribution in [3.63, 3.8) is 0 Å². The Morgan fingerprint density at radius 2 is 1.56 bits per heavy atom. The monoisotopic (exact) mass is 362 g/mol. The second-order valence-corrected chi connectivity index (χ2v) is 10.7. The van der Waals surface area contributed by atoms with E-state index in [4.69, 9.17) is 12.2 Å². The molecule has 1 amide bonds. The lowest BCUT2D eigenvalue weighted by molar-refractivity contribution is -0.125. The third kappa shape index (κ3) is 3.24. The Bertz CT molecular complexity index is 535. The molecule has 0 radical (unpaired) electrons. The minimum Gasteiger partial charge on any atom is -0.357 e. The molecule has 0 aromatic carbocycles. The lowest BCUT2D eigenvalue weighted by atomic mass is 9.53. The standard InChI is InChI=1S/C21H34N2OS/c1-4-16-8-17(20(16,2)3)9-18(24)22-19(25)23-21-10-13-5-14(11-21)7-15(6-13)12-21/h13-17H,4-12H2,1-3H3,(H2,22,23,24,25)/t13?,14?,15?,16-,17+,21?/m1/s1. The maximum atomic E-state index is 12.5. The molecule has 140 valence electrons. The molecule has 4 bridgehead atoms. The fourth-order valence-electron chi connectivity index (χ4n) is 7.10. The van der Waals surface area contributed by atoms with Gasteiger partial charge in [0.25, 0.3) is 0 Å². The summed E-state index contributed by atoms with van der Waals surface area (Å²) in [6, 6.07) is 0. The predicted octanol–water partition coefficient (Wildman–Crippen LogP) is 4.41. The normalized spacial score (nSPS) is 43.4.